The Kier molecular flexibility index (Phi) is 11.3. The van der Waals surface area contributed by atoms with Crippen LogP contribution in [0.25, 0.3) is 0 Å². The van der Waals surface area contributed by atoms with Crippen molar-refractivity contribution in [2.24, 2.45) is 0 Å². The van der Waals surface area contributed by atoms with Gasteiger partial charge in [-0.05, 0) is 73.3 Å². The largest absolute Gasteiger partial charge is 0.479 e. The van der Waals surface area contributed by atoms with Crippen molar-refractivity contribution in [3.05, 3.63) is 46.1 Å². The first-order chi connectivity index (χ1) is 13.4. The van der Waals surface area contributed by atoms with Crippen LogP contribution in [0.3, 0.4) is 0 Å². The molecule has 0 aromatic heterocycles. The molecule has 0 bridgehead atoms. The smallest absolute Gasteiger partial charge is 0.346 e. The van der Waals surface area contributed by atoms with Crippen LogP contribution < -0.4 is 0 Å². The van der Waals surface area contributed by atoms with Crippen molar-refractivity contribution in [1.82, 2.24) is 0 Å². The van der Waals surface area contributed by atoms with E-state index in [1.807, 2.05) is 39.8 Å². The van der Waals surface area contributed by atoms with Gasteiger partial charge in [-0.3, -0.25) is 9.59 Å². The molecule has 162 valence electrons. The molecule has 0 saturated heterocycles. The highest BCUT2D eigenvalue weighted by molar-refractivity contribution is 6.31. The van der Waals surface area contributed by atoms with Gasteiger partial charge in [0.25, 0.3) is 0 Å². The maximum absolute atomic E-state index is 12.8. The molecule has 1 atom stereocenters. The Hall–Kier alpha value is -2.31. The lowest BCUT2D eigenvalue weighted by atomic mass is 9.86. The molecule has 3 N–H and O–H groups in total. The second-order valence-corrected chi connectivity index (χ2v) is 7.80. The number of aliphatic hydroxyl groups is 2. The van der Waals surface area contributed by atoms with Gasteiger partial charge < -0.3 is 15.3 Å². The van der Waals surface area contributed by atoms with Crippen molar-refractivity contribution >= 4 is 17.5 Å². The Balaban J connectivity index is 6.01. The average Bonchev–Trinajstić information content (AvgIpc) is 2.59. The molecule has 0 amide bonds. The molecule has 0 aliphatic carbocycles. The third-order valence-electron chi connectivity index (χ3n) is 4.40. The van der Waals surface area contributed by atoms with Crippen LogP contribution in [-0.4, -0.2) is 45.1 Å². The zero-order chi connectivity index (χ0) is 22.8. The third-order valence-corrected chi connectivity index (χ3v) is 4.40. The van der Waals surface area contributed by atoms with Gasteiger partial charge in [0, 0.05) is 0 Å². The van der Waals surface area contributed by atoms with Crippen molar-refractivity contribution in [2.75, 3.05) is 6.61 Å². The van der Waals surface area contributed by atoms with Crippen LogP contribution in [0.15, 0.2) is 46.1 Å². The molecular formula is C23H34O6. The SMILES string of the molecule is CC(C)=CCC/C(C)=C/C(=O)/C(C(=O)C(O)(CO)C(=O)O)=C(/C)CCC=C(C)C. The van der Waals surface area contributed by atoms with E-state index >= 15 is 0 Å². The molecule has 1 unspecified atom stereocenters. The fourth-order valence-electron chi connectivity index (χ4n) is 2.62. The summed E-state index contributed by atoms with van der Waals surface area (Å²) in [6.45, 7) is 9.79. The van der Waals surface area contributed by atoms with Crippen molar-refractivity contribution in [2.45, 2.75) is 72.8 Å². The van der Waals surface area contributed by atoms with Gasteiger partial charge in [0.15, 0.2) is 5.78 Å². The molecule has 0 heterocycles. The topological polar surface area (TPSA) is 112 Å². The van der Waals surface area contributed by atoms with Crippen LogP contribution in [0.5, 0.6) is 0 Å². The van der Waals surface area contributed by atoms with Gasteiger partial charge in [-0.2, -0.15) is 0 Å². The second kappa shape index (κ2) is 12.3. The summed E-state index contributed by atoms with van der Waals surface area (Å²) in [5.74, 6) is -3.84. The number of Topliss-reactive ketones (excluding diaryl/α,β-unsaturated/α-hetero) is 1. The maximum atomic E-state index is 12.8. The van der Waals surface area contributed by atoms with Crippen LogP contribution in [-0.2, 0) is 14.4 Å². The zero-order valence-corrected chi connectivity index (χ0v) is 18.3. The lowest BCUT2D eigenvalue weighted by molar-refractivity contribution is -0.167. The van der Waals surface area contributed by atoms with Gasteiger partial charge in [0.1, 0.15) is 0 Å². The summed E-state index contributed by atoms with van der Waals surface area (Å²) in [6.07, 6.45) is 7.53. The van der Waals surface area contributed by atoms with Crippen LogP contribution in [0.2, 0.25) is 0 Å². The number of carbonyl (C=O) groups is 3. The highest BCUT2D eigenvalue weighted by atomic mass is 16.4. The van der Waals surface area contributed by atoms with Crippen molar-refractivity contribution in [1.29, 1.82) is 0 Å². The average molecular weight is 407 g/mol. The van der Waals surface area contributed by atoms with Crippen LogP contribution in [0.4, 0.5) is 0 Å². The molecule has 0 spiro atoms. The molecule has 0 radical (unpaired) electrons. The van der Waals surface area contributed by atoms with Gasteiger partial charge in [-0.25, -0.2) is 4.79 Å². The number of ketones is 2. The molecule has 6 heteroatoms. The quantitative estimate of drug-likeness (QED) is 0.197. The highest BCUT2D eigenvalue weighted by Crippen LogP contribution is 2.22. The standard InChI is InChI=1S/C23H34O6/c1-15(2)9-7-11-17(5)13-19(25)20(18(6)12-8-10-16(3)4)21(26)23(29,14-24)22(27)28/h9-10,13,24,29H,7-8,11-12,14H2,1-6H3,(H,27,28)/b17-13+,20-18+. The van der Waals surface area contributed by atoms with Gasteiger partial charge >= 0.3 is 5.97 Å². The molecular weight excluding hydrogens is 372 g/mol. The molecule has 0 aliphatic rings. The van der Waals surface area contributed by atoms with E-state index in [-0.39, 0.29) is 5.57 Å². The maximum Gasteiger partial charge on any atom is 0.346 e. The van der Waals surface area contributed by atoms with Crippen LogP contribution in [0, 0.1) is 0 Å². The van der Waals surface area contributed by atoms with Gasteiger partial charge in [0.05, 0.1) is 12.2 Å². The molecule has 0 aliphatic heterocycles. The molecule has 0 saturated carbocycles. The van der Waals surface area contributed by atoms with Crippen molar-refractivity contribution in [3.63, 3.8) is 0 Å². The van der Waals surface area contributed by atoms with E-state index in [1.165, 1.54) is 6.08 Å². The van der Waals surface area contributed by atoms with Gasteiger partial charge in [-0.1, -0.05) is 34.4 Å². The summed E-state index contributed by atoms with van der Waals surface area (Å²) in [4.78, 5) is 37.0. The summed E-state index contributed by atoms with van der Waals surface area (Å²) >= 11 is 0. The van der Waals surface area contributed by atoms with E-state index in [0.29, 0.717) is 24.8 Å². The van der Waals surface area contributed by atoms with E-state index in [0.717, 1.165) is 23.1 Å². The van der Waals surface area contributed by atoms with Crippen molar-refractivity contribution in [3.8, 4) is 0 Å². The Morgan fingerprint density at radius 1 is 0.862 bits per heavy atom. The highest BCUT2D eigenvalue weighted by Gasteiger charge is 2.46. The predicted octanol–water partition coefficient (Wildman–Crippen LogP) is 3.69. The third kappa shape index (κ3) is 8.71. The Bertz CT molecular complexity index is 743. The molecule has 0 rings (SSSR count). The van der Waals surface area contributed by atoms with Crippen LogP contribution in [0.1, 0.15) is 67.2 Å². The number of carbonyl (C=O) groups excluding carboxylic acids is 2. The minimum absolute atomic E-state index is 0.351. The van der Waals surface area contributed by atoms with E-state index in [1.54, 1.807) is 13.8 Å². The van der Waals surface area contributed by atoms with E-state index in [4.69, 9.17) is 0 Å². The number of aliphatic hydroxyl groups excluding tert-OH is 1. The van der Waals surface area contributed by atoms with E-state index < -0.39 is 29.7 Å². The number of rotatable bonds is 12. The first-order valence-corrected chi connectivity index (χ1v) is 9.66. The number of carboxylic acid groups (broad SMARTS) is 1. The first kappa shape index (κ1) is 26.7. The van der Waals surface area contributed by atoms with E-state index in [9.17, 15) is 29.7 Å². The summed E-state index contributed by atoms with van der Waals surface area (Å²) in [5, 5.41) is 28.7. The van der Waals surface area contributed by atoms with Crippen LogP contribution >= 0.6 is 0 Å². The minimum atomic E-state index is -3.05. The monoisotopic (exact) mass is 406 g/mol. The fourth-order valence-corrected chi connectivity index (χ4v) is 2.62. The van der Waals surface area contributed by atoms with Crippen molar-refractivity contribution < 1.29 is 29.7 Å². The van der Waals surface area contributed by atoms with Gasteiger partial charge in [-0.15, -0.1) is 0 Å². The number of carboxylic acids is 1. The molecule has 0 aromatic rings. The summed E-state index contributed by atoms with van der Waals surface area (Å²) in [6, 6.07) is 0. The number of allylic oxidation sites excluding steroid dienone is 7. The Labute approximate surface area is 173 Å². The first-order valence-electron chi connectivity index (χ1n) is 9.66. The fraction of sp³-hybridized carbons (Fsp3) is 0.522. The summed E-state index contributed by atoms with van der Waals surface area (Å²) in [5.41, 5.74) is -0.0923. The second-order valence-electron chi connectivity index (χ2n) is 7.80. The number of aliphatic carboxylic acids is 1. The minimum Gasteiger partial charge on any atom is -0.479 e. The zero-order valence-electron chi connectivity index (χ0n) is 18.3. The normalized spacial score (nSPS) is 14.4. The van der Waals surface area contributed by atoms with E-state index in [2.05, 4.69) is 0 Å². The number of hydrogen-bond acceptors (Lipinski definition) is 5. The Morgan fingerprint density at radius 2 is 1.34 bits per heavy atom. The summed E-state index contributed by atoms with van der Waals surface area (Å²) < 4.78 is 0. The molecule has 29 heavy (non-hydrogen) atoms. The summed E-state index contributed by atoms with van der Waals surface area (Å²) in [7, 11) is 0. The predicted molar refractivity (Wildman–Crippen MR) is 113 cm³/mol. The lowest BCUT2D eigenvalue weighted by Crippen LogP contribution is -2.51. The molecule has 6 nitrogen and oxygen atoms in total. The van der Waals surface area contributed by atoms with Gasteiger partial charge in [0.2, 0.25) is 11.4 Å². The molecule has 0 fully saturated rings. The number of hydrogen-bond donors (Lipinski definition) is 3. The lowest BCUT2D eigenvalue weighted by Gasteiger charge is -2.21. The molecule has 0 aromatic carbocycles. The Morgan fingerprint density at radius 3 is 1.76 bits per heavy atom.